The van der Waals surface area contributed by atoms with Crippen LogP contribution in [0.3, 0.4) is 0 Å². The minimum atomic E-state index is -3.97. The number of benzene rings is 2. The van der Waals surface area contributed by atoms with Crippen molar-refractivity contribution in [3.63, 3.8) is 0 Å². The molecule has 304 valence electrons. The van der Waals surface area contributed by atoms with Crippen LogP contribution in [-0.4, -0.2) is 116 Å². The Labute approximate surface area is 336 Å². The first-order valence-electron chi connectivity index (χ1n) is 18.5. The van der Waals surface area contributed by atoms with Crippen LogP contribution < -0.4 is 24.8 Å². The molecule has 1 aromatic heterocycles. The van der Waals surface area contributed by atoms with E-state index in [0.29, 0.717) is 40.9 Å². The van der Waals surface area contributed by atoms with E-state index in [9.17, 15) is 32.4 Å². The summed E-state index contributed by atoms with van der Waals surface area (Å²) in [6.45, 7) is 6.29. The number of methoxy groups -OCH3 is 1. The number of fused-ring (bicyclic) bond motifs is 1. The van der Waals surface area contributed by atoms with Crippen molar-refractivity contribution in [2.45, 2.75) is 54.7 Å². The highest BCUT2D eigenvalue weighted by molar-refractivity contribution is 7.91. The Morgan fingerprint density at radius 3 is 2.50 bits per heavy atom. The topological polar surface area (TPSA) is 203 Å². The minimum absolute atomic E-state index is 0.0727. The van der Waals surface area contributed by atoms with Crippen molar-refractivity contribution < 1.29 is 46.6 Å². The molecule has 2 saturated carbocycles. The maximum atomic E-state index is 14.6. The molecule has 2 aromatic carbocycles. The van der Waals surface area contributed by atoms with Crippen LogP contribution in [0.15, 0.2) is 79.9 Å². The Kier molecular flexibility index (Phi) is 12.1. The molecule has 2 aliphatic carbocycles. The third-order valence-electron chi connectivity index (χ3n) is 10.3. The van der Waals surface area contributed by atoms with E-state index in [1.807, 2.05) is 30.3 Å². The Morgan fingerprint density at radius 2 is 1.86 bits per heavy atom. The van der Waals surface area contributed by atoms with Gasteiger partial charge in [0.1, 0.15) is 35.2 Å². The van der Waals surface area contributed by atoms with Gasteiger partial charge in [-0.1, -0.05) is 48.9 Å². The summed E-state index contributed by atoms with van der Waals surface area (Å²) in [7, 11) is -1.03. The van der Waals surface area contributed by atoms with Crippen molar-refractivity contribution in [1.82, 2.24) is 30.1 Å². The summed E-state index contributed by atoms with van der Waals surface area (Å²) in [5.74, 6) is -0.505. The summed E-state index contributed by atoms with van der Waals surface area (Å²) in [6, 6.07) is 13.7. The zero-order valence-electron chi connectivity index (χ0n) is 32.0. The van der Waals surface area contributed by atoms with Crippen LogP contribution in [0.5, 0.6) is 11.5 Å². The van der Waals surface area contributed by atoms with Crippen molar-refractivity contribution in [3.8, 4) is 35.1 Å². The van der Waals surface area contributed by atoms with Crippen molar-refractivity contribution in [1.29, 1.82) is 0 Å². The fourth-order valence-electron chi connectivity index (χ4n) is 6.93. The molecule has 3 aromatic rings. The Balaban J connectivity index is 1.35. The summed E-state index contributed by atoms with van der Waals surface area (Å²) in [5, 5.41) is 5.11. The molecule has 1 aliphatic heterocycles. The lowest BCUT2D eigenvalue weighted by atomic mass is 10.1. The van der Waals surface area contributed by atoms with Crippen LogP contribution in [0, 0.1) is 18.3 Å². The number of hydrogen-bond donors (Lipinski definition) is 3. The van der Waals surface area contributed by atoms with Gasteiger partial charge in [0, 0.05) is 42.5 Å². The number of alkyl carbamates (subject to hydrolysis) is 1. The number of nitrogens with one attached hydrogen (secondary N) is 3. The van der Waals surface area contributed by atoms with E-state index in [0.717, 1.165) is 16.5 Å². The molecule has 16 nitrogen and oxygen atoms in total. The van der Waals surface area contributed by atoms with Gasteiger partial charge in [-0.3, -0.25) is 23.9 Å². The smallest absolute Gasteiger partial charge is 0.408 e. The molecular weight excluding hydrogens is 769 g/mol. The maximum absolute atomic E-state index is 14.6. The number of likely N-dealkylation sites (N-methyl/N-ethyl adjacent to an activating group) is 1. The lowest BCUT2D eigenvalue weighted by molar-refractivity contribution is -0.141. The first-order valence-corrected chi connectivity index (χ1v) is 20.0. The van der Waals surface area contributed by atoms with Gasteiger partial charge in [0.2, 0.25) is 27.7 Å². The van der Waals surface area contributed by atoms with E-state index < -0.39 is 81.2 Å². The van der Waals surface area contributed by atoms with Crippen LogP contribution in [0.4, 0.5) is 4.79 Å². The number of ether oxygens (including phenoxy) is 3. The van der Waals surface area contributed by atoms with Gasteiger partial charge in [-0.15, -0.1) is 13.0 Å². The third-order valence-corrected chi connectivity index (χ3v) is 12.1. The fourth-order valence-corrected chi connectivity index (χ4v) is 8.29. The standard InChI is InChI=1S/C41H44N6O10S/c1-6-18-56-40(52)43-33(24-46(4)36(48)8-3)38(50)47-23-28(20-34(47)37(49)44-41(22-26(41)7-2)39(51)45-58(53,54)29-15-16-29)57-35-21-31(25-12-10-9-11-13-25)42-32-19-27(55-5)14-17-30(32)35/h1,7-14,17,19,21,26,28-29,33-34H,2-3,15-16,18,20,22-24H2,4-5H3,(H,43,52)(H,44,49)(H,45,51)/t26-,28?,33+,34+,41-/m1/s1. The van der Waals surface area contributed by atoms with E-state index in [2.05, 4.69) is 34.4 Å². The average molecular weight is 813 g/mol. The van der Waals surface area contributed by atoms with Gasteiger partial charge in [0.25, 0.3) is 5.91 Å². The van der Waals surface area contributed by atoms with Crippen molar-refractivity contribution in [2.75, 3.05) is 33.9 Å². The molecule has 1 unspecified atom stereocenters. The van der Waals surface area contributed by atoms with E-state index in [-0.39, 0.29) is 25.9 Å². The first-order chi connectivity index (χ1) is 27.7. The molecule has 3 fully saturated rings. The highest BCUT2D eigenvalue weighted by Crippen LogP contribution is 2.45. The second-order valence-electron chi connectivity index (χ2n) is 14.3. The molecule has 0 radical (unpaired) electrons. The number of amides is 5. The number of sulfonamides is 1. The Morgan fingerprint density at radius 1 is 1.12 bits per heavy atom. The zero-order chi connectivity index (χ0) is 41.8. The molecule has 3 aliphatic rings. The number of aromatic nitrogens is 1. The van der Waals surface area contributed by atoms with Gasteiger partial charge in [0.05, 0.1) is 36.7 Å². The molecule has 5 amide bonds. The zero-order valence-corrected chi connectivity index (χ0v) is 32.8. The van der Waals surface area contributed by atoms with Gasteiger partial charge in [-0.25, -0.2) is 18.2 Å². The van der Waals surface area contributed by atoms with Crippen LogP contribution in [0.2, 0.25) is 0 Å². The molecular formula is C41H44N6O10S. The number of terminal acetylenes is 1. The second-order valence-corrected chi connectivity index (χ2v) is 16.3. The van der Waals surface area contributed by atoms with Crippen molar-refractivity contribution in [3.05, 3.63) is 79.9 Å². The van der Waals surface area contributed by atoms with E-state index >= 15 is 0 Å². The summed E-state index contributed by atoms with van der Waals surface area (Å²) in [6.07, 6.45) is 6.66. The number of likely N-dealkylation sites (tertiary alicyclic amines) is 1. The maximum Gasteiger partial charge on any atom is 0.408 e. The van der Waals surface area contributed by atoms with E-state index in [1.165, 1.54) is 25.1 Å². The second kappa shape index (κ2) is 17.0. The van der Waals surface area contributed by atoms with Crippen molar-refractivity contribution in [2.24, 2.45) is 5.92 Å². The number of carbonyl (C=O) groups excluding carboxylic acids is 5. The van der Waals surface area contributed by atoms with Gasteiger partial charge in [-0.2, -0.15) is 0 Å². The third kappa shape index (κ3) is 8.92. The lowest BCUT2D eigenvalue weighted by Crippen LogP contribution is -2.59. The first kappa shape index (κ1) is 41.2. The number of carbonyl (C=O) groups is 5. The number of nitrogens with zero attached hydrogens (tertiary/aromatic N) is 3. The molecule has 1 saturated heterocycles. The minimum Gasteiger partial charge on any atom is -0.497 e. The predicted molar refractivity (Wildman–Crippen MR) is 212 cm³/mol. The summed E-state index contributed by atoms with van der Waals surface area (Å²) in [5.41, 5.74) is 0.292. The summed E-state index contributed by atoms with van der Waals surface area (Å²) < 4.78 is 44.7. The molecule has 0 spiro atoms. The number of pyridine rings is 1. The predicted octanol–water partition coefficient (Wildman–Crippen LogP) is 2.30. The molecule has 58 heavy (non-hydrogen) atoms. The van der Waals surface area contributed by atoms with Crippen LogP contribution in [0.1, 0.15) is 25.7 Å². The molecule has 2 heterocycles. The summed E-state index contributed by atoms with van der Waals surface area (Å²) >= 11 is 0. The van der Waals surface area contributed by atoms with Crippen LogP contribution >= 0.6 is 0 Å². The highest BCUT2D eigenvalue weighted by Gasteiger charge is 2.62. The van der Waals surface area contributed by atoms with Crippen LogP contribution in [0.25, 0.3) is 22.2 Å². The van der Waals surface area contributed by atoms with Crippen LogP contribution in [-0.2, 0) is 33.9 Å². The number of hydrogen-bond acceptors (Lipinski definition) is 11. The molecule has 6 rings (SSSR count). The van der Waals surface area contributed by atoms with Gasteiger partial charge >= 0.3 is 6.09 Å². The van der Waals surface area contributed by atoms with Gasteiger partial charge < -0.3 is 34.6 Å². The fraction of sp³-hybridized carbons (Fsp3) is 0.366. The Hall–Kier alpha value is -6.41. The lowest BCUT2D eigenvalue weighted by Gasteiger charge is -2.31. The molecule has 5 atom stereocenters. The van der Waals surface area contributed by atoms with Gasteiger partial charge in [-0.05, 0) is 37.5 Å². The highest BCUT2D eigenvalue weighted by atomic mass is 32.2. The molecule has 0 bridgehead atoms. The Bertz CT molecular complexity index is 2290. The van der Waals surface area contributed by atoms with E-state index in [4.69, 9.17) is 25.6 Å². The van der Waals surface area contributed by atoms with Gasteiger partial charge in [0.15, 0.2) is 6.61 Å². The normalized spacial score (nSPS) is 21.4. The average Bonchev–Trinajstić information content (AvgIpc) is 4.15. The number of rotatable bonds is 16. The molecule has 3 N–H and O–H groups in total. The monoisotopic (exact) mass is 812 g/mol. The largest absolute Gasteiger partial charge is 0.497 e. The SMILES string of the molecule is C#CCOC(=O)N[C@@H](CN(C)C(=O)C=C)C(=O)N1CC(Oc2cc(-c3ccccc3)nc3cc(OC)ccc23)C[C@H]1C(=O)N[C@]1(C(=O)NS(=O)(=O)C2CC2)C[C@H]1C=C. The molecule has 17 heteroatoms. The quantitative estimate of drug-likeness (QED) is 0.109. The summed E-state index contributed by atoms with van der Waals surface area (Å²) in [4.78, 5) is 75.0. The van der Waals surface area contributed by atoms with E-state index in [1.54, 1.807) is 24.3 Å². The van der Waals surface area contributed by atoms with Crippen molar-refractivity contribution >= 4 is 50.6 Å².